The topological polar surface area (TPSA) is 29.1 Å². The minimum absolute atomic E-state index is 0.00527. The Bertz CT molecular complexity index is 460. The van der Waals surface area contributed by atoms with E-state index in [-0.39, 0.29) is 17.2 Å². The lowest BCUT2D eigenvalue weighted by Crippen LogP contribution is -2.22. The third-order valence-electron chi connectivity index (χ3n) is 3.46. The largest absolute Gasteiger partial charge is 0.355 e. The van der Waals surface area contributed by atoms with E-state index in [1.165, 1.54) is 0 Å². The molecule has 1 amide bonds. The summed E-state index contributed by atoms with van der Waals surface area (Å²) in [4.78, 5) is 11.4. The Morgan fingerprint density at radius 3 is 2.67 bits per heavy atom. The fourth-order valence-corrected chi connectivity index (χ4v) is 2.74. The van der Waals surface area contributed by atoms with Crippen molar-refractivity contribution in [1.82, 2.24) is 5.32 Å². The molecule has 1 N–H and O–H groups in total. The van der Waals surface area contributed by atoms with Gasteiger partial charge in [0.15, 0.2) is 0 Å². The highest BCUT2D eigenvalue weighted by molar-refractivity contribution is 6.42. The van der Waals surface area contributed by atoms with Crippen LogP contribution in [0.25, 0.3) is 0 Å². The number of amides is 1. The van der Waals surface area contributed by atoms with Crippen molar-refractivity contribution in [3.63, 3.8) is 0 Å². The van der Waals surface area contributed by atoms with Gasteiger partial charge in [0.05, 0.1) is 16.0 Å². The summed E-state index contributed by atoms with van der Waals surface area (Å²) in [5.41, 5.74) is 1.13. The fraction of sp³-hybridized carbons (Fsp3) is 0.364. The van der Waals surface area contributed by atoms with E-state index in [1.807, 2.05) is 12.1 Å². The van der Waals surface area contributed by atoms with Crippen LogP contribution in [-0.2, 0) is 10.2 Å². The molecule has 0 radical (unpaired) electrons. The van der Waals surface area contributed by atoms with E-state index in [0.717, 1.165) is 18.5 Å². The Hall–Kier alpha value is -0.730. The molecule has 1 unspecified atom stereocenters. The molecule has 2 aliphatic rings. The fourth-order valence-electron chi connectivity index (χ4n) is 2.44. The molecular weight excluding hydrogens is 233 g/mol. The van der Waals surface area contributed by atoms with Gasteiger partial charge >= 0.3 is 0 Å². The molecule has 1 aliphatic carbocycles. The third-order valence-corrected chi connectivity index (χ3v) is 4.20. The number of piperidine rings is 1. The summed E-state index contributed by atoms with van der Waals surface area (Å²) in [7, 11) is 0. The zero-order valence-electron chi connectivity index (χ0n) is 7.89. The van der Waals surface area contributed by atoms with Crippen molar-refractivity contribution in [1.29, 1.82) is 0 Å². The summed E-state index contributed by atoms with van der Waals surface area (Å²) in [5, 5.41) is 4.00. The van der Waals surface area contributed by atoms with Crippen LogP contribution in [0.15, 0.2) is 18.2 Å². The molecule has 1 saturated carbocycles. The summed E-state index contributed by atoms with van der Waals surface area (Å²) < 4.78 is 0. The number of nitrogens with one attached hydrogen (secondary N) is 1. The van der Waals surface area contributed by atoms with Crippen molar-refractivity contribution in [2.75, 3.05) is 6.54 Å². The van der Waals surface area contributed by atoms with Crippen LogP contribution >= 0.6 is 23.2 Å². The zero-order chi connectivity index (χ0) is 10.6. The first-order chi connectivity index (χ1) is 7.13. The number of fused-ring (bicyclic) bond motifs is 1. The first-order valence-corrected chi connectivity index (χ1v) is 5.62. The predicted octanol–water partition coefficient (Wildman–Crippen LogP) is 2.38. The summed E-state index contributed by atoms with van der Waals surface area (Å²) in [6.45, 7) is 0.731. The average molecular weight is 242 g/mol. The molecule has 15 heavy (non-hydrogen) atoms. The Balaban J connectivity index is 2.01. The number of benzene rings is 1. The minimum atomic E-state index is 0.00527. The maximum absolute atomic E-state index is 11.4. The van der Waals surface area contributed by atoms with E-state index in [2.05, 4.69) is 5.32 Å². The Kier molecular flexibility index (Phi) is 1.83. The molecule has 1 aromatic carbocycles. The molecule has 0 aromatic heterocycles. The number of hydrogen-bond donors (Lipinski definition) is 1. The Labute approximate surface area is 97.6 Å². The van der Waals surface area contributed by atoms with Crippen LogP contribution in [-0.4, -0.2) is 12.5 Å². The molecule has 0 spiro atoms. The molecule has 78 valence electrons. The van der Waals surface area contributed by atoms with Gasteiger partial charge < -0.3 is 5.32 Å². The van der Waals surface area contributed by atoms with Gasteiger partial charge in [0.25, 0.3) is 0 Å². The van der Waals surface area contributed by atoms with Crippen molar-refractivity contribution >= 4 is 29.1 Å². The summed E-state index contributed by atoms with van der Waals surface area (Å²) in [6, 6.07) is 5.64. The van der Waals surface area contributed by atoms with Gasteiger partial charge in [-0.25, -0.2) is 0 Å². The second-order valence-corrected chi connectivity index (χ2v) is 5.07. The lowest BCUT2D eigenvalue weighted by Gasteiger charge is -2.12. The van der Waals surface area contributed by atoms with Gasteiger partial charge in [-0.05, 0) is 24.1 Å². The van der Waals surface area contributed by atoms with E-state index in [9.17, 15) is 4.79 Å². The number of carbonyl (C=O) groups is 1. The summed E-state index contributed by atoms with van der Waals surface area (Å²) in [5.74, 6) is 0.316. The third kappa shape index (κ3) is 1.21. The Morgan fingerprint density at radius 2 is 2.13 bits per heavy atom. The van der Waals surface area contributed by atoms with E-state index in [1.54, 1.807) is 6.07 Å². The molecule has 0 bridgehead atoms. The van der Waals surface area contributed by atoms with Gasteiger partial charge in [-0.3, -0.25) is 4.79 Å². The lowest BCUT2D eigenvalue weighted by molar-refractivity contribution is -0.120. The minimum Gasteiger partial charge on any atom is -0.355 e. The van der Waals surface area contributed by atoms with Gasteiger partial charge in [0, 0.05) is 12.0 Å². The van der Waals surface area contributed by atoms with Crippen molar-refractivity contribution in [2.24, 2.45) is 5.92 Å². The van der Waals surface area contributed by atoms with Crippen LogP contribution in [0, 0.1) is 5.92 Å². The summed E-state index contributed by atoms with van der Waals surface area (Å²) in [6.07, 6.45) is 0.941. The van der Waals surface area contributed by atoms with Crippen molar-refractivity contribution < 1.29 is 4.79 Å². The van der Waals surface area contributed by atoms with E-state index < -0.39 is 0 Å². The van der Waals surface area contributed by atoms with E-state index in [4.69, 9.17) is 23.2 Å². The number of halogens is 2. The van der Waals surface area contributed by atoms with Gasteiger partial charge in [0.2, 0.25) is 5.91 Å². The SMILES string of the molecule is O=C1NC[C@@]2(c3ccc(Cl)c(Cl)c3)CC12. The zero-order valence-corrected chi connectivity index (χ0v) is 9.40. The van der Waals surface area contributed by atoms with Gasteiger partial charge in [-0.2, -0.15) is 0 Å². The highest BCUT2D eigenvalue weighted by atomic mass is 35.5. The highest BCUT2D eigenvalue weighted by Gasteiger charge is 2.63. The van der Waals surface area contributed by atoms with Gasteiger partial charge in [-0.15, -0.1) is 0 Å². The standard InChI is InChI=1S/C11H9Cl2NO/c12-8-2-1-6(3-9(8)13)11-4-7(11)10(15)14-5-11/h1-3,7H,4-5H2,(H,14,15)/t7?,11-/m1/s1. The average Bonchev–Trinajstić information content (AvgIpc) is 2.88. The molecule has 1 aliphatic heterocycles. The molecule has 1 saturated heterocycles. The van der Waals surface area contributed by atoms with Crippen LogP contribution in [0.2, 0.25) is 10.0 Å². The van der Waals surface area contributed by atoms with Crippen molar-refractivity contribution in [3.8, 4) is 0 Å². The maximum Gasteiger partial charge on any atom is 0.224 e. The van der Waals surface area contributed by atoms with Crippen LogP contribution < -0.4 is 5.32 Å². The van der Waals surface area contributed by atoms with E-state index >= 15 is 0 Å². The predicted molar refractivity (Wildman–Crippen MR) is 59.3 cm³/mol. The van der Waals surface area contributed by atoms with Crippen LogP contribution in [0.5, 0.6) is 0 Å². The van der Waals surface area contributed by atoms with Gasteiger partial charge in [-0.1, -0.05) is 29.3 Å². The quantitative estimate of drug-likeness (QED) is 0.804. The number of rotatable bonds is 1. The van der Waals surface area contributed by atoms with Gasteiger partial charge in [0.1, 0.15) is 0 Å². The van der Waals surface area contributed by atoms with Crippen LogP contribution in [0.3, 0.4) is 0 Å². The van der Waals surface area contributed by atoms with Crippen molar-refractivity contribution in [3.05, 3.63) is 33.8 Å². The smallest absolute Gasteiger partial charge is 0.224 e. The first-order valence-electron chi connectivity index (χ1n) is 4.87. The molecular formula is C11H9Cl2NO. The molecule has 1 heterocycles. The molecule has 2 atom stereocenters. The van der Waals surface area contributed by atoms with E-state index in [0.29, 0.717) is 10.0 Å². The van der Waals surface area contributed by atoms with Crippen molar-refractivity contribution in [2.45, 2.75) is 11.8 Å². The molecule has 3 rings (SSSR count). The maximum atomic E-state index is 11.4. The number of hydrogen-bond acceptors (Lipinski definition) is 1. The number of carbonyl (C=O) groups excluding carboxylic acids is 1. The van der Waals surface area contributed by atoms with Crippen LogP contribution in [0.1, 0.15) is 12.0 Å². The Morgan fingerprint density at radius 1 is 1.33 bits per heavy atom. The summed E-state index contributed by atoms with van der Waals surface area (Å²) >= 11 is 11.8. The van der Waals surface area contributed by atoms with Crippen LogP contribution in [0.4, 0.5) is 0 Å². The molecule has 4 heteroatoms. The second kappa shape index (κ2) is 2.89. The molecule has 2 fully saturated rings. The highest BCUT2D eigenvalue weighted by Crippen LogP contribution is 2.57. The molecule has 1 aromatic rings. The lowest BCUT2D eigenvalue weighted by atomic mass is 9.95. The monoisotopic (exact) mass is 241 g/mol. The normalized spacial score (nSPS) is 32.4. The molecule has 2 nitrogen and oxygen atoms in total. The first kappa shape index (κ1) is 9.49. The second-order valence-electron chi connectivity index (χ2n) is 4.26.